The highest BCUT2D eigenvalue weighted by atomic mass is 127. The molecule has 0 aromatic heterocycles. The molecule has 20 heavy (non-hydrogen) atoms. The van der Waals surface area contributed by atoms with Crippen molar-refractivity contribution in [3.63, 3.8) is 0 Å². The molecular weight excluding hydrogens is 387 g/mol. The van der Waals surface area contributed by atoms with Crippen molar-refractivity contribution >= 4 is 40.0 Å². The molecule has 0 bridgehead atoms. The quantitative estimate of drug-likeness (QED) is 0.391. The number of aliphatic hydroxyl groups excluding tert-OH is 1. The van der Waals surface area contributed by atoms with Crippen LogP contribution in [-0.4, -0.2) is 16.3 Å². The molecule has 0 aliphatic carbocycles. The van der Waals surface area contributed by atoms with E-state index < -0.39 is 6.10 Å². The summed E-state index contributed by atoms with van der Waals surface area (Å²) in [5, 5.41) is 9.83. The van der Waals surface area contributed by atoms with E-state index >= 15 is 0 Å². The minimum atomic E-state index is -0.749. The fourth-order valence-electron chi connectivity index (χ4n) is 1.68. The number of alkyl halides is 1. The highest BCUT2D eigenvalue weighted by Gasteiger charge is 2.08. The Morgan fingerprint density at radius 3 is 2.65 bits per heavy atom. The smallest absolute Gasteiger partial charge is 0.155 e. The van der Waals surface area contributed by atoms with Crippen LogP contribution in [-0.2, 0) is 4.79 Å². The molecule has 1 aromatic rings. The number of rotatable bonds is 8. The first-order chi connectivity index (χ1) is 9.49. The zero-order valence-corrected chi connectivity index (χ0v) is 14.0. The van der Waals surface area contributed by atoms with Gasteiger partial charge >= 0.3 is 0 Å². The number of carbonyl (C=O) groups is 1. The summed E-state index contributed by atoms with van der Waals surface area (Å²) in [6.45, 7) is 3.79. The number of hydrogen-bond donors (Lipinski definition) is 1. The Morgan fingerprint density at radius 2 is 2.05 bits per heavy atom. The molecule has 1 N–H and O–H groups in total. The summed E-state index contributed by atoms with van der Waals surface area (Å²) in [6.07, 6.45) is 3.91. The normalized spacial score (nSPS) is 14.2. The predicted octanol–water partition coefficient (Wildman–Crippen LogP) is 4.57. The van der Waals surface area contributed by atoms with Gasteiger partial charge in [-0.3, -0.25) is 4.79 Å². The number of aliphatic hydroxyl groups is 1. The van der Waals surface area contributed by atoms with Gasteiger partial charge in [0.2, 0.25) is 0 Å². The van der Waals surface area contributed by atoms with Crippen LogP contribution in [0.5, 0.6) is 0 Å². The molecule has 0 spiro atoms. The molecule has 108 valence electrons. The zero-order chi connectivity index (χ0) is 15.0. The highest BCUT2D eigenvalue weighted by Crippen LogP contribution is 2.19. The van der Waals surface area contributed by atoms with Crippen LogP contribution in [0.4, 0.5) is 0 Å². The van der Waals surface area contributed by atoms with Gasteiger partial charge in [0.15, 0.2) is 5.78 Å². The van der Waals surface area contributed by atoms with E-state index in [1.54, 1.807) is 0 Å². The standard InChI is InChI=1S/C16H18ClIO2/c1-12(18)11-14(17)7-8-15(19)9-10-16(20)13-5-3-2-4-6-13/h2-6,9-10,14,16,20H,1,7-8,11H2/b10-9+. The second kappa shape index (κ2) is 9.32. The number of hydrogen-bond acceptors (Lipinski definition) is 2. The molecule has 1 aromatic carbocycles. The summed E-state index contributed by atoms with van der Waals surface area (Å²) in [6, 6.07) is 9.22. The van der Waals surface area contributed by atoms with Crippen LogP contribution in [0.1, 0.15) is 30.9 Å². The number of carbonyl (C=O) groups excluding carboxylic acids is 1. The van der Waals surface area contributed by atoms with E-state index in [0.717, 1.165) is 9.14 Å². The van der Waals surface area contributed by atoms with Gasteiger partial charge in [-0.1, -0.05) is 36.9 Å². The number of halogens is 2. The Morgan fingerprint density at radius 1 is 1.40 bits per heavy atom. The lowest BCUT2D eigenvalue weighted by molar-refractivity contribution is -0.114. The predicted molar refractivity (Wildman–Crippen MR) is 92.2 cm³/mol. The van der Waals surface area contributed by atoms with Gasteiger partial charge < -0.3 is 5.11 Å². The molecule has 0 radical (unpaired) electrons. The van der Waals surface area contributed by atoms with Crippen molar-refractivity contribution in [3.05, 3.63) is 58.2 Å². The van der Waals surface area contributed by atoms with Crippen LogP contribution in [0.3, 0.4) is 0 Å². The number of ketones is 1. The van der Waals surface area contributed by atoms with Gasteiger partial charge in [-0.25, -0.2) is 0 Å². The molecule has 0 aliphatic heterocycles. The van der Waals surface area contributed by atoms with Gasteiger partial charge in [-0.05, 0) is 56.7 Å². The minimum absolute atomic E-state index is 0.0234. The Balaban J connectivity index is 2.38. The summed E-state index contributed by atoms with van der Waals surface area (Å²) in [5.74, 6) is -0.0234. The van der Waals surface area contributed by atoms with E-state index in [4.69, 9.17) is 11.6 Å². The molecule has 0 fully saturated rings. The maximum Gasteiger partial charge on any atom is 0.155 e. The number of allylic oxidation sites excluding steroid dienone is 2. The van der Waals surface area contributed by atoms with E-state index in [2.05, 4.69) is 29.2 Å². The van der Waals surface area contributed by atoms with E-state index in [-0.39, 0.29) is 11.2 Å². The summed E-state index contributed by atoms with van der Waals surface area (Å²) in [7, 11) is 0. The molecule has 0 amide bonds. The zero-order valence-electron chi connectivity index (χ0n) is 11.1. The first kappa shape index (κ1) is 17.4. The fourth-order valence-corrected chi connectivity index (χ4v) is 2.77. The topological polar surface area (TPSA) is 37.3 Å². The maximum absolute atomic E-state index is 11.7. The van der Waals surface area contributed by atoms with Crippen molar-refractivity contribution in [1.29, 1.82) is 0 Å². The lowest BCUT2D eigenvalue weighted by Gasteiger charge is -2.07. The Hall–Kier alpha value is -0.650. The molecule has 0 saturated carbocycles. The largest absolute Gasteiger partial charge is 0.384 e. The van der Waals surface area contributed by atoms with Gasteiger partial charge in [-0.2, -0.15) is 0 Å². The molecule has 2 nitrogen and oxygen atoms in total. The van der Waals surface area contributed by atoms with Crippen LogP contribution < -0.4 is 0 Å². The summed E-state index contributed by atoms with van der Waals surface area (Å²) in [5.41, 5.74) is 0.771. The first-order valence-electron chi connectivity index (χ1n) is 6.40. The summed E-state index contributed by atoms with van der Waals surface area (Å²) in [4.78, 5) is 11.7. The van der Waals surface area contributed by atoms with Crippen LogP contribution in [0.2, 0.25) is 0 Å². The molecular formula is C16H18ClIO2. The molecule has 0 heterocycles. The van der Waals surface area contributed by atoms with Gasteiger partial charge in [-0.15, -0.1) is 11.6 Å². The van der Waals surface area contributed by atoms with Crippen molar-refractivity contribution in [2.75, 3.05) is 0 Å². The molecule has 0 saturated heterocycles. The van der Waals surface area contributed by atoms with Crippen LogP contribution in [0.15, 0.2) is 52.6 Å². The van der Waals surface area contributed by atoms with Gasteiger partial charge in [0.25, 0.3) is 0 Å². The summed E-state index contributed by atoms with van der Waals surface area (Å²) < 4.78 is 0.991. The molecule has 0 aliphatic rings. The second-order valence-corrected chi connectivity index (χ2v) is 6.68. The van der Waals surface area contributed by atoms with Crippen molar-refractivity contribution < 1.29 is 9.90 Å². The molecule has 2 unspecified atom stereocenters. The summed E-state index contributed by atoms with van der Waals surface area (Å²) >= 11 is 8.22. The second-order valence-electron chi connectivity index (χ2n) is 4.54. The van der Waals surface area contributed by atoms with E-state index in [0.29, 0.717) is 19.3 Å². The highest BCUT2D eigenvalue weighted by molar-refractivity contribution is 14.1. The minimum Gasteiger partial charge on any atom is -0.384 e. The van der Waals surface area contributed by atoms with E-state index in [1.807, 2.05) is 30.3 Å². The maximum atomic E-state index is 11.7. The van der Waals surface area contributed by atoms with Crippen LogP contribution in [0.25, 0.3) is 0 Å². The molecule has 1 rings (SSSR count). The third-order valence-corrected chi connectivity index (χ3v) is 3.57. The lowest BCUT2D eigenvalue weighted by Crippen LogP contribution is -2.03. The van der Waals surface area contributed by atoms with Crippen LogP contribution in [0, 0.1) is 0 Å². The SMILES string of the molecule is C=C(I)CC(Cl)CCC(=O)/C=C/C(O)c1ccccc1. The number of benzene rings is 1. The van der Waals surface area contributed by atoms with E-state index in [9.17, 15) is 9.90 Å². The third kappa shape index (κ3) is 7.22. The van der Waals surface area contributed by atoms with Crippen molar-refractivity contribution in [2.24, 2.45) is 0 Å². The Labute approximate surface area is 138 Å². The first-order valence-corrected chi connectivity index (χ1v) is 7.92. The molecule has 4 heteroatoms. The van der Waals surface area contributed by atoms with Gasteiger partial charge in [0.1, 0.15) is 0 Å². The van der Waals surface area contributed by atoms with Crippen molar-refractivity contribution in [1.82, 2.24) is 0 Å². The van der Waals surface area contributed by atoms with Gasteiger partial charge in [0.05, 0.1) is 6.10 Å². The monoisotopic (exact) mass is 404 g/mol. The van der Waals surface area contributed by atoms with Crippen molar-refractivity contribution in [2.45, 2.75) is 30.7 Å². The van der Waals surface area contributed by atoms with E-state index in [1.165, 1.54) is 12.2 Å². The Kier molecular flexibility index (Phi) is 8.11. The lowest BCUT2D eigenvalue weighted by atomic mass is 10.1. The van der Waals surface area contributed by atoms with Crippen molar-refractivity contribution in [3.8, 4) is 0 Å². The average Bonchev–Trinajstić information content (AvgIpc) is 2.42. The average molecular weight is 405 g/mol. The molecule has 2 atom stereocenters. The van der Waals surface area contributed by atoms with Crippen LogP contribution >= 0.6 is 34.2 Å². The fraction of sp³-hybridized carbons (Fsp3) is 0.312. The Bertz CT molecular complexity index is 471. The third-order valence-electron chi connectivity index (χ3n) is 2.75. The van der Waals surface area contributed by atoms with Gasteiger partial charge in [0, 0.05) is 11.8 Å².